The molecule has 2 heterocycles. The highest BCUT2D eigenvalue weighted by molar-refractivity contribution is 8.93. The van der Waals surface area contributed by atoms with Crippen LogP contribution in [-0.4, -0.2) is 18.5 Å². The molecule has 0 amide bonds. The average molecular weight is 448 g/mol. The van der Waals surface area contributed by atoms with Gasteiger partial charge in [0, 0.05) is 24.1 Å². The zero-order chi connectivity index (χ0) is 15.1. The normalized spacial score (nSPS) is 17.3. The third-order valence-electron chi connectivity index (χ3n) is 4.46. The van der Waals surface area contributed by atoms with Gasteiger partial charge in [0.15, 0.2) is 12.4 Å². The van der Waals surface area contributed by atoms with E-state index in [-0.39, 0.29) is 34.0 Å². The number of aryl methyl sites for hydroxylation is 1. The fourth-order valence-electron chi connectivity index (χ4n) is 3.22. The maximum Gasteiger partial charge on any atom is 0.173 e. The predicted octanol–water partition coefficient (Wildman–Crippen LogP) is 1.85. The van der Waals surface area contributed by atoms with Gasteiger partial charge in [0.2, 0.25) is 0 Å². The maximum absolute atomic E-state index is 2.49. The molecule has 0 aromatic carbocycles. The van der Waals surface area contributed by atoms with E-state index in [4.69, 9.17) is 0 Å². The predicted molar refractivity (Wildman–Crippen MR) is 99.5 cm³/mol. The average Bonchev–Trinajstić information content (AvgIpc) is 2.89. The lowest BCUT2D eigenvalue weighted by atomic mass is 10.1. The summed E-state index contributed by atoms with van der Waals surface area (Å²) in [6.07, 6.45) is 14.7. The quantitative estimate of drug-likeness (QED) is 0.351. The minimum Gasteiger partial charge on any atom is -1.00 e. The summed E-state index contributed by atoms with van der Waals surface area (Å²) >= 11 is 0. The standard InChI is InChI=1S/C19H31N2.2BrH/c1-17(2)10-6-4-5-7-14-21-15-8-11-18(16-21)19-12-9-13-20(19)3;;/h8,10-11,15-16,19H,4-7,9,12-14H2,1-3H3;2*1H/q+1;;/p-1/t19-;;/m0../s1. The molecular formula is C19H32Br2N2. The number of likely N-dealkylation sites (tertiary alicyclic amines) is 1. The zero-order valence-electron chi connectivity index (χ0n) is 14.8. The molecule has 1 fully saturated rings. The Kier molecular flexibility index (Phi) is 12.1. The van der Waals surface area contributed by atoms with Gasteiger partial charge < -0.3 is 17.0 Å². The first kappa shape index (κ1) is 22.8. The molecule has 1 aliphatic rings. The van der Waals surface area contributed by atoms with Crippen molar-refractivity contribution in [2.45, 2.75) is 65.0 Å². The van der Waals surface area contributed by atoms with E-state index in [9.17, 15) is 0 Å². The van der Waals surface area contributed by atoms with Crippen molar-refractivity contribution in [3.8, 4) is 0 Å². The van der Waals surface area contributed by atoms with E-state index in [2.05, 4.69) is 61.0 Å². The Balaban J connectivity index is 0.00000242. The Bertz CT molecular complexity index is 470. The van der Waals surface area contributed by atoms with E-state index in [1.165, 1.54) is 56.2 Å². The summed E-state index contributed by atoms with van der Waals surface area (Å²) in [5, 5.41) is 0. The van der Waals surface area contributed by atoms with Crippen LogP contribution in [0, 0.1) is 0 Å². The molecule has 1 aliphatic heterocycles. The van der Waals surface area contributed by atoms with Crippen molar-refractivity contribution in [3.05, 3.63) is 41.7 Å². The molecule has 0 aliphatic carbocycles. The second-order valence-corrected chi connectivity index (χ2v) is 6.64. The fraction of sp³-hybridized carbons (Fsp3) is 0.632. The molecule has 0 bridgehead atoms. The molecule has 23 heavy (non-hydrogen) atoms. The Labute approximate surface area is 163 Å². The van der Waals surface area contributed by atoms with Gasteiger partial charge in [0.25, 0.3) is 0 Å². The van der Waals surface area contributed by atoms with Crippen molar-refractivity contribution in [1.82, 2.24) is 4.90 Å². The number of hydrogen-bond acceptors (Lipinski definition) is 1. The molecule has 2 nitrogen and oxygen atoms in total. The van der Waals surface area contributed by atoms with Crippen LogP contribution in [0.5, 0.6) is 0 Å². The molecule has 0 saturated carbocycles. The molecule has 1 atom stereocenters. The van der Waals surface area contributed by atoms with Gasteiger partial charge in [-0.15, -0.1) is 17.0 Å². The highest BCUT2D eigenvalue weighted by atomic mass is 79.9. The second kappa shape index (κ2) is 12.2. The summed E-state index contributed by atoms with van der Waals surface area (Å²) in [6.45, 7) is 6.76. The second-order valence-electron chi connectivity index (χ2n) is 6.64. The molecular weight excluding hydrogens is 416 g/mol. The first-order chi connectivity index (χ1) is 10.2. The Hall–Kier alpha value is -0.190. The van der Waals surface area contributed by atoms with Crippen molar-refractivity contribution in [3.63, 3.8) is 0 Å². The van der Waals surface area contributed by atoms with Crippen molar-refractivity contribution in [2.75, 3.05) is 13.6 Å². The Morgan fingerprint density at radius 3 is 2.74 bits per heavy atom. The van der Waals surface area contributed by atoms with Crippen LogP contribution in [0.3, 0.4) is 0 Å². The van der Waals surface area contributed by atoms with Crippen molar-refractivity contribution in [2.24, 2.45) is 0 Å². The largest absolute Gasteiger partial charge is 1.00 e. The van der Waals surface area contributed by atoms with Gasteiger partial charge in [-0.3, -0.25) is 4.90 Å². The van der Waals surface area contributed by atoms with E-state index in [1.54, 1.807) is 0 Å². The minimum atomic E-state index is 0. The van der Waals surface area contributed by atoms with E-state index in [0.29, 0.717) is 6.04 Å². The van der Waals surface area contributed by atoms with Crippen LogP contribution < -0.4 is 21.5 Å². The minimum absolute atomic E-state index is 0. The fourth-order valence-corrected chi connectivity index (χ4v) is 3.22. The van der Waals surface area contributed by atoms with Crippen molar-refractivity contribution < 1.29 is 21.5 Å². The molecule has 1 saturated heterocycles. The van der Waals surface area contributed by atoms with Crippen LogP contribution in [-0.2, 0) is 6.54 Å². The number of allylic oxidation sites excluding steroid dienone is 2. The van der Waals surface area contributed by atoms with Gasteiger partial charge in [-0.1, -0.05) is 11.6 Å². The molecule has 0 spiro atoms. The van der Waals surface area contributed by atoms with Gasteiger partial charge in [0.05, 0.1) is 0 Å². The molecule has 0 N–H and O–H groups in total. The number of hydrogen-bond donors (Lipinski definition) is 0. The summed E-state index contributed by atoms with van der Waals surface area (Å²) in [5.41, 5.74) is 2.93. The van der Waals surface area contributed by atoms with E-state index in [1.807, 2.05) is 0 Å². The third kappa shape index (κ3) is 7.95. The maximum atomic E-state index is 2.49. The molecule has 1 aromatic rings. The molecule has 0 radical (unpaired) electrons. The number of pyridine rings is 1. The van der Waals surface area contributed by atoms with E-state index < -0.39 is 0 Å². The summed E-state index contributed by atoms with van der Waals surface area (Å²) in [7, 11) is 2.25. The van der Waals surface area contributed by atoms with Crippen molar-refractivity contribution >= 4 is 17.0 Å². The lowest BCUT2D eigenvalue weighted by Crippen LogP contribution is -3.00. The highest BCUT2D eigenvalue weighted by Crippen LogP contribution is 2.29. The molecule has 4 heteroatoms. The number of rotatable bonds is 7. The smallest absolute Gasteiger partial charge is 0.173 e. The van der Waals surface area contributed by atoms with Gasteiger partial charge in [-0.25, -0.2) is 4.57 Å². The van der Waals surface area contributed by atoms with Crippen LogP contribution in [0.2, 0.25) is 0 Å². The van der Waals surface area contributed by atoms with Crippen LogP contribution in [0.1, 0.15) is 64.0 Å². The number of halogens is 2. The van der Waals surface area contributed by atoms with Crippen LogP contribution >= 0.6 is 17.0 Å². The Morgan fingerprint density at radius 1 is 1.30 bits per heavy atom. The number of nitrogens with zero attached hydrogens (tertiary/aromatic N) is 2. The van der Waals surface area contributed by atoms with Crippen molar-refractivity contribution in [1.29, 1.82) is 0 Å². The lowest BCUT2D eigenvalue weighted by Gasteiger charge is -2.18. The summed E-state index contributed by atoms with van der Waals surface area (Å²) in [4.78, 5) is 2.49. The molecule has 2 rings (SSSR count). The molecule has 0 unspecified atom stereocenters. The summed E-state index contributed by atoms with van der Waals surface area (Å²) < 4.78 is 2.38. The zero-order valence-corrected chi connectivity index (χ0v) is 18.1. The lowest BCUT2D eigenvalue weighted by molar-refractivity contribution is -0.697. The van der Waals surface area contributed by atoms with Crippen LogP contribution in [0.15, 0.2) is 36.2 Å². The van der Waals surface area contributed by atoms with E-state index in [0.717, 1.165) is 6.54 Å². The molecule has 1 aromatic heterocycles. The Morgan fingerprint density at radius 2 is 2.09 bits per heavy atom. The van der Waals surface area contributed by atoms with Crippen LogP contribution in [0.4, 0.5) is 0 Å². The van der Waals surface area contributed by atoms with Gasteiger partial charge in [-0.2, -0.15) is 0 Å². The number of unbranched alkanes of at least 4 members (excludes halogenated alkanes) is 3. The molecule has 132 valence electrons. The first-order valence-corrected chi connectivity index (χ1v) is 8.49. The topological polar surface area (TPSA) is 7.12 Å². The monoisotopic (exact) mass is 446 g/mol. The summed E-state index contributed by atoms with van der Waals surface area (Å²) in [5.74, 6) is 0. The van der Waals surface area contributed by atoms with Gasteiger partial charge in [0.1, 0.15) is 6.54 Å². The van der Waals surface area contributed by atoms with Gasteiger partial charge >= 0.3 is 0 Å². The number of aromatic nitrogens is 1. The highest BCUT2D eigenvalue weighted by Gasteiger charge is 2.24. The van der Waals surface area contributed by atoms with Crippen LogP contribution in [0.25, 0.3) is 0 Å². The third-order valence-corrected chi connectivity index (χ3v) is 4.46. The summed E-state index contributed by atoms with van der Waals surface area (Å²) in [6, 6.07) is 5.14. The SMILES string of the molecule is Br.CC(C)=CCCCCC[n+]1cccc([C@@H]2CCCN2C)c1.[Br-]. The first-order valence-electron chi connectivity index (χ1n) is 8.49. The van der Waals surface area contributed by atoms with Gasteiger partial charge in [-0.05, 0) is 65.6 Å². The van der Waals surface area contributed by atoms with E-state index >= 15 is 0 Å².